The molecule has 0 saturated heterocycles. The van der Waals surface area contributed by atoms with Crippen molar-refractivity contribution in [1.29, 1.82) is 0 Å². The van der Waals surface area contributed by atoms with Gasteiger partial charge in [0.1, 0.15) is 11.5 Å². The van der Waals surface area contributed by atoms with Crippen LogP contribution in [0, 0.1) is 0 Å². The van der Waals surface area contributed by atoms with Crippen LogP contribution in [0.3, 0.4) is 0 Å². The number of aromatic hydroxyl groups is 2. The van der Waals surface area contributed by atoms with Gasteiger partial charge in [0.05, 0.1) is 24.3 Å². The van der Waals surface area contributed by atoms with E-state index in [4.69, 9.17) is 20.4 Å². The Morgan fingerprint density at radius 3 is 0.887 bits per heavy atom. The Labute approximate surface area is 316 Å². The number of rotatable bonds is 2. The van der Waals surface area contributed by atoms with E-state index in [0.717, 1.165) is 36.5 Å². The molecule has 8 rings (SSSR count). The van der Waals surface area contributed by atoms with Crippen molar-refractivity contribution < 1.29 is 67.5 Å². The Bertz CT molecular complexity index is 1820. The monoisotopic (exact) mass is 767 g/mol. The van der Waals surface area contributed by atoms with Gasteiger partial charge in [-0.25, -0.2) is 0 Å². The zero-order valence-electron chi connectivity index (χ0n) is 28.4. The number of fused-ring (bicyclic) bond motifs is 6. The number of aliphatic carboxylic acids is 2. The zero-order valence-corrected chi connectivity index (χ0v) is 29.3. The van der Waals surface area contributed by atoms with Crippen LogP contribution in [-0.2, 0) is 37.9 Å². The van der Waals surface area contributed by atoms with E-state index in [-0.39, 0.29) is 28.6 Å². The largest absolute Gasteiger partial charge is 2.00 e. The van der Waals surface area contributed by atoms with E-state index in [2.05, 4.69) is 9.97 Å². The van der Waals surface area contributed by atoms with Gasteiger partial charge in [0.2, 0.25) is 0 Å². The summed E-state index contributed by atoms with van der Waals surface area (Å²) in [5, 5.41) is 74.5. The fourth-order valence-electron chi connectivity index (χ4n) is 5.57. The Hall–Kier alpha value is -5.92. The topological polar surface area (TPSA) is 227 Å². The van der Waals surface area contributed by atoms with Crippen molar-refractivity contribution in [3.05, 3.63) is 168 Å². The molecule has 0 fully saturated rings. The predicted octanol–water partition coefficient (Wildman–Crippen LogP) is 2.09. The number of nitrogens with zero attached hydrogens (tertiary/aromatic N) is 2. The molecule has 0 saturated carbocycles. The molecule has 0 amide bonds. The molecule has 0 atom stereocenters. The molecular formula is C40H36CuN2O10. The van der Waals surface area contributed by atoms with Crippen LogP contribution in [0.15, 0.2) is 146 Å². The van der Waals surface area contributed by atoms with E-state index in [0.29, 0.717) is 22.3 Å². The van der Waals surface area contributed by atoms with Crippen LogP contribution < -0.4 is 10.2 Å². The molecule has 2 heterocycles. The first-order chi connectivity index (χ1) is 25.1. The first-order valence-corrected chi connectivity index (χ1v) is 15.4. The molecule has 53 heavy (non-hydrogen) atoms. The van der Waals surface area contributed by atoms with Crippen molar-refractivity contribution in [1.82, 2.24) is 9.97 Å². The predicted molar refractivity (Wildman–Crippen MR) is 188 cm³/mol. The summed E-state index contributed by atoms with van der Waals surface area (Å²) in [6, 6.07) is 34.3. The van der Waals surface area contributed by atoms with Gasteiger partial charge >= 0.3 is 17.1 Å². The summed E-state index contributed by atoms with van der Waals surface area (Å²) in [6.07, 6.45) is 6.00. The van der Waals surface area contributed by atoms with Crippen molar-refractivity contribution in [2.24, 2.45) is 0 Å². The number of aromatic nitrogens is 2. The molecule has 0 unspecified atom stereocenters. The van der Waals surface area contributed by atoms with E-state index < -0.39 is 23.1 Å². The van der Waals surface area contributed by atoms with Crippen LogP contribution in [0.1, 0.15) is 22.3 Å². The third kappa shape index (κ3) is 9.31. The maximum Gasteiger partial charge on any atom is 2.00 e. The first kappa shape index (κ1) is 43.2. The summed E-state index contributed by atoms with van der Waals surface area (Å²) < 4.78 is 0. The summed E-state index contributed by atoms with van der Waals surface area (Å²) in [7, 11) is 2.00. The van der Waals surface area contributed by atoms with Gasteiger partial charge in [-0.05, 0) is 46.5 Å². The van der Waals surface area contributed by atoms with Crippen molar-refractivity contribution in [2.45, 2.75) is 11.2 Å². The molecule has 0 spiro atoms. The van der Waals surface area contributed by atoms with Crippen molar-refractivity contribution in [2.75, 3.05) is 14.2 Å². The minimum Gasteiger partial charge on any atom is -0.546 e. The number of hydrogen-bond donors (Lipinski definition) is 6. The molecule has 6 N–H and O–H groups in total. The van der Waals surface area contributed by atoms with Gasteiger partial charge in [-0.3, -0.25) is 9.97 Å². The van der Waals surface area contributed by atoms with E-state index in [1.165, 1.54) is 12.4 Å². The Balaban J connectivity index is 0.000000252. The first-order valence-electron chi connectivity index (χ1n) is 15.4. The van der Waals surface area contributed by atoms with Crippen molar-refractivity contribution in [3.8, 4) is 33.8 Å². The van der Waals surface area contributed by atoms with Gasteiger partial charge in [-0.15, -0.1) is 0 Å². The van der Waals surface area contributed by atoms with Gasteiger partial charge in [-0.1, -0.05) is 97.1 Å². The average Bonchev–Trinajstić information content (AvgIpc) is 3.62. The minimum absolute atomic E-state index is 0. The van der Waals surface area contributed by atoms with E-state index >= 15 is 0 Å². The molecule has 1 radical (unpaired) electrons. The van der Waals surface area contributed by atoms with Gasteiger partial charge < -0.3 is 50.4 Å². The minimum atomic E-state index is -2.03. The van der Waals surface area contributed by atoms with Crippen molar-refractivity contribution >= 4 is 11.9 Å². The molecule has 0 bridgehead atoms. The molecule has 2 aromatic heterocycles. The molecule has 6 aromatic rings. The number of carbonyl (C=O) groups is 2. The number of carboxylic acids is 2. The van der Waals surface area contributed by atoms with Crippen LogP contribution in [0.25, 0.3) is 22.3 Å². The van der Waals surface area contributed by atoms with E-state index in [1.807, 2.05) is 24.3 Å². The van der Waals surface area contributed by atoms with Gasteiger partial charge in [0, 0.05) is 48.9 Å². The molecule has 2 aliphatic carbocycles. The number of aliphatic hydroxyl groups is 4. The summed E-state index contributed by atoms with van der Waals surface area (Å²) >= 11 is 0. The number of carboxylic acid groups (broad SMARTS) is 2. The maximum absolute atomic E-state index is 11.3. The van der Waals surface area contributed by atoms with Gasteiger partial charge in [0.15, 0.2) is 11.2 Å². The second-order valence-corrected chi connectivity index (χ2v) is 10.6. The van der Waals surface area contributed by atoms with Crippen LogP contribution in [0.4, 0.5) is 0 Å². The normalized spacial score (nSPS) is 12.2. The standard InChI is InChI=1S/2C14H10O3.2C5H5NO.2CH4O.Cu/c2*15-13(16)14(17)11-7-3-1-5-9(11)10-6-2-4-8-12(10)14;2*7-5-2-1-3-6-4-5;2*1-2;/h2*1-8,17H,(H,15,16);2*1-4,7H;2*2H,1H3;/q;;;;;;+2/p-2. The smallest absolute Gasteiger partial charge is 0.546 e. The molecule has 4 aromatic carbocycles. The third-order valence-corrected chi connectivity index (χ3v) is 7.73. The quantitative estimate of drug-likeness (QED) is 0.139. The average molecular weight is 768 g/mol. The second-order valence-electron chi connectivity index (χ2n) is 10.6. The number of pyridine rings is 2. The van der Waals surface area contributed by atoms with E-state index in [9.17, 15) is 30.0 Å². The fourth-order valence-corrected chi connectivity index (χ4v) is 5.57. The van der Waals surface area contributed by atoms with Crippen LogP contribution >= 0.6 is 0 Å². The van der Waals surface area contributed by atoms with Gasteiger partial charge in [-0.2, -0.15) is 0 Å². The van der Waals surface area contributed by atoms with Crippen LogP contribution in [-0.4, -0.2) is 66.8 Å². The molecule has 0 aliphatic heterocycles. The Morgan fingerprint density at radius 1 is 0.472 bits per heavy atom. The summed E-state index contributed by atoms with van der Waals surface area (Å²) in [6.45, 7) is 0. The number of benzene rings is 4. The van der Waals surface area contributed by atoms with Crippen LogP contribution in [0.2, 0.25) is 0 Å². The van der Waals surface area contributed by atoms with Crippen molar-refractivity contribution in [3.63, 3.8) is 0 Å². The van der Waals surface area contributed by atoms with Crippen LogP contribution in [0.5, 0.6) is 11.5 Å². The van der Waals surface area contributed by atoms with E-state index in [1.54, 1.807) is 109 Å². The molecule has 12 nitrogen and oxygen atoms in total. The third-order valence-electron chi connectivity index (χ3n) is 7.73. The fraction of sp³-hybridized carbons (Fsp3) is 0.100. The molecule has 13 heteroatoms. The summed E-state index contributed by atoms with van der Waals surface area (Å²) in [5.41, 5.74) is 0.416. The van der Waals surface area contributed by atoms with Gasteiger partial charge in [0.25, 0.3) is 0 Å². The Kier molecular flexibility index (Phi) is 16.5. The molecule has 2 aliphatic rings. The summed E-state index contributed by atoms with van der Waals surface area (Å²) in [4.78, 5) is 29.8. The SMILES string of the molecule is CO.CO.O=C([O-])C1(O)c2ccccc2-c2ccccc21.O=C([O-])C1(O)c2ccccc2-c2ccccc21.Oc1cccnc1.Oc1cccnc1.[Cu+2]. The zero-order chi connectivity index (χ0) is 38.3. The molecule has 277 valence electrons. The number of aliphatic hydroxyl groups excluding tert-OH is 2. The number of hydrogen-bond acceptors (Lipinski definition) is 12. The Morgan fingerprint density at radius 2 is 0.717 bits per heavy atom. The summed E-state index contributed by atoms with van der Waals surface area (Å²) in [5.74, 6) is -2.56. The number of carbonyl (C=O) groups excluding carboxylic acids is 2. The maximum atomic E-state index is 11.3. The second kappa shape index (κ2) is 20.2. The molecular weight excluding hydrogens is 732 g/mol.